The first-order chi connectivity index (χ1) is 7.81. The maximum atomic E-state index is 8.73. The molecule has 1 saturated heterocycles. The number of nitrogens with zero attached hydrogens (tertiary/aromatic N) is 3. The van der Waals surface area contributed by atoms with Crippen molar-refractivity contribution in [2.75, 3.05) is 31.2 Å². The van der Waals surface area contributed by atoms with E-state index < -0.39 is 0 Å². The fourth-order valence-electron chi connectivity index (χ4n) is 1.69. The van der Waals surface area contributed by atoms with Crippen LogP contribution in [0.25, 0.3) is 0 Å². The molecule has 1 aromatic rings. The van der Waals surface area contributed by atoms with E-state index in [0.29, 0.717) is 5.02 Å². The number of anilines is 1. The summed E-state index contributed by atoms with van der Waals surface area (Å²) in [6.07, 6.45) is 2.69. The zero-order valence-electron chi connectivity index (χ0n) is 8.82. The van der Waals surface area contributed by atoms with Gasteiger partial charge >= 0.3 is 0 Å². The fraction of sp³-hybridized carbons (Fsp3) is 0.455. The van der Waals surface area contributed by atoms with E-state index in [4.69, 9.17) is 21.6 Å². The highest BCUT2D eigenvalue weighted by molar-refractivity contribution is 6.31. The summed E-state index contributed by atoms with van der Waals surface area (Å²) < 4.78 is 5.37. The maximum absolute atomic E-state index is 8.73. The summed E-state index contributed by atoms with van der Waals surface area (Å²) in [7, 11) is 0. The molecule has 2 heterocycles. The predicted octanol–water partition coefficient (Wildman–Crippen LogP) is 1.83. The number of halogens is 1. The van der Waals surface area contributed by atoms with Crippen LogP contribution in [0.5, 0.6) is 0 Å². The van der Waals surface area contributed by atoms with Crippen LogP contribution >= 0.6 is 11.6 Å². The highest BCUT2D eigenvalue weighted by Crippen LogP contribution is 2.21. The highest BCUT2D eigenvalue weighted by atomic mass is 35.5. The minimum atomic E-state index is 0.275. The molecule has 84 valence electrons. The normalized spacial score (nSPS) is 16.6. The lowest BCUT2D eigenvalue weighted by atomic mass is 10.3. The monoisotopic (exact) mass is 237 g/mol. The Bertz CT molecular complexity index is 408. The van der Waals surface area contributed by atoms with E-state index in [1.54, 1.807) is 12.3 Å². The van der Waals surface area contributed by atoms with Gasteiger partial charge in [0.1, 0.15) is 6.07 Å². The number of nitriles is 1. The number of pyridine rings is 1. The van der Waals surface area contributed by atoms with Gasteiger partial charge in [0.2, 0.25) is 0 Å². The molecule has 0 aliphatic carbocycles. The molecule has 0 N–H and O–H groups in total. The van der Waals surface area contributed by atoms with Crippen LogP contribution in [0.3, 0.4) is 0 Å². The maximum Gasteiger partial charge on any atom is 0.159 e. The summed E-state index contributed by atoms with van der Waals surface area (Å²) in [6.45, 7) is 3.29. The van der Waals surface area contributed by atoms with E-state index >= 15 is 0 Å². The zero-order valence-corrected chi connectivity index (χ0v) is 9.57. The van der Waals surface area contributed by atoms with Crippen LogP contribution in [-0.2, 0) is 4.74 Å². The van der Waals surface area contributed by atoms with E-state index in [1.165, 1.54) is 0 Å². The topological polar surface area (TPSA) is 49.2 Å². The number of hydrogen-bond acceptors (Lipinski definition) is 4. The van der Waals surface area contributed by atoms with Gasteiger partial charge in [-0.15, -0.1) is 0 Å². The summed E-state index contributed by atoms with van der Waals surface area (Å²) in [4.78, 5) is 6.20. The van der Waals surface area contributed by atoms with Gasteiger partial charge in [0.05, 0.1) is 23.5 Å². The van der Waals surface area contributed by atoms with Crippen LogP contribution in [0.2, 0.25) is 5.02 Å². The lowest BCUT2D eigenvalue weighted by molar-refractivity contribution is 0.152. The second kappa shape index (κ2) is 5.15. The Labute approximate surface area is 99.4 Å². The van der Waals surface area contributed by atoms with E-state index in [2.05, 4.69) is 9.88 Å². The van der Waals surface area contributed by atoms with Crippen molar-refractivity contribution in [3.63, 3.8) is 0 Å². The zero-order chi connectivity index (χ0) is 11.4. The highest BCUT2D eigenvalue weighted by Gasteiger charge is 2.12. The Kier molecular flexibility index (Phi) is 3.60. The van der Waals surface area contributed by atoms with Crippen LogP contribution in [-0.4, -0.2) is 31.3 Å². The van der Waals surface area contributed by atoms with Gasteiger partial charge in [0.15, 0.2) is 5.69 Å². The van der Waals surface area contributed by atoms with Gasteiger partial charge in [-0.1, -0.05) is 11.6 Å². The van der Waals surface area contributed by atoms with Gasteiger partial charge in [-0.25, -0.2) is 4.98 Å². The third kappa shape index (κ3) is 2.43. The SMILES string of the molecule is N#Cc1ncc(N2CCCOCC2)cc1Cl. The molecule has 0 saturated carbocycles. The quantitative estimate of drug-likeness (QED) is 0.748. The van der Waals surface area contributed by atoms with Crippen LogP contribution in [0, 0.1) is 11.3 Å². The van der Waals surface area contributed by atoms with E-state index in [0.717, 1.165) is 38.4 Å². The average Bonchev–Trinajstić information content (AvgIpc) is 2.57. The van der Waals surface area contributed by atoms with Gasteiger partial charge in [0.25, 0.3) is 0 Å². The second-order valence-electron chi connectivity index (χ2n) is 3.59. The fourth-order valence-corrected chi connectivity index (χ4v) is 1.89. The summed E-state index contributed by atoms with van der Waals surface area (Å²) in [5, 5.41) is 9.14. The second-order valence-corrected chi connectivity index (χ2v) is 4.00. The third-order valence-corrected chi connectivity index (χ3v) is 2.81. The minimum absolute atomic E-state index is 0.275. The van der Waals surface area contributed by atoms with Crippen molar-refractivity contribution in [2.24, 2.45) is 0 Å². The molecule has 0 atom stereocenters. The van der Waals surface area contributed by atoms with Crippen molar-refractivity contribution in [2.45, 2.75) is 6.42 Å². The van der Waals surface area contributed by atoms with Crippen LogP contribution < -0.4 is 4.90 Å². The van der Waals surface area contributed by atoms with Crippen molar-refractivity contribution >= 4 is 17.3 Å². The van der Waals surface area contributed by atoms with Crippen molar-refractivity contribution in [1.82, 2.24) is 4.98 Å². The molecule has 0 unspecified atom stereocenters. The number of ether oxygens (including phenoxy) is 1. The van der Waals surface area contributed by atoms with Crippen LogP contribution in [0.1, 0.15) is 12.1 Å². The lowest BCUT2D eigenvalue weighted by Crippen LogP contribution is -2.25. The summed E-state index contributed by atoms with van der Waals surface area (Å²) in [5.74, 6) is 0. The average molecular weight is 238 g/mol. The molecule has 2 rings (SSSR count). The van der Waals surface area contributed by atoms with Gasteiger partial charge < -0.3 is 9.64 Å². The molecule has 1 aliphatic rings. The molecular weight excluding hydrogens is 226 g/mol. The molecule has 5 heteroatoms. The third-order valence-electron chi connectivity index (χ3n) is 2.52. The summed E-state index contributed by atoms with van der Waals surface area (Å²) in [5.41, 5.74) is 1.23. The first kappa shape index (κ1) is 11.2. The van der Waals surface area contributed by atoms with Crippen molar-refractivity contribution in [1.29, 1.82) is 5.26 Å². The number of aromatic nitrogens is 1. The molecule has 0 bridgehead atoms. The molecule has 1 aromatic heterocycles. The van der Waals surface area contributed by atoms with E-state index in [-0.39, 0.29) is 5.69 Å². The van der Waals surface area contributed by atoms with Crippen LogP contribution in [0.15, 0.2) is 12.3 Å². The molecule has 1 aliphatic heterocycles. The Morgan fingerprint density at radius 1 is 1.44 bits per heavy atom. The Morgan fingerprint density at radius 3 is 3.06 bits per heavy atom. The summed E-state index contributed by atoms with van der Waals surface area (Å²) in [6, 6.07) is 3.74. The Hall–Kier alpha value is -1.31. The Morgan fingerprint density at radius 2 is 2.31 bits per heavy atom. The van der Waals surface area contributed by atoms with Crippen molar-refractivity contribution < 1.29 is 4.74 Å². The van der Waals surface area contributed by atoms with Gasteiger partial charge in [0, 0.05) is 19.7 Å². The molecular formula is C11H12ClN3O. The molecule has 0 spiro atoms. The molecule has 4 nitrogen and oxygen atoms in total. The molecule has 1 fully saturated rings. The van der Waals surface area contributed by atoms with Crippen LogP contribution in [0.4, 0.5) is 5.69 Å². The number of rotatable bonds is 1. The van der Waals surface area contributed by atoms with E-state index in [9.17, 15) is 0 Å². The van der Waals surface area contributed by atoms with Gasteiger partial charge in [-0.05, 0) is 12.5 Å². The van der Waals surface area contributed by atoms with Crippen molar-refractivity contribution in [3.8, 4) is 6.07 Å². The first-order valence-electron chi connectivity index (χ1n) is 5.19. The van der Waals surface area contributed by atoms with E-state index in [1.807, 2.05) is 6.07 Å². The Balaban J connectivity index is 2.20. The predicted molar refractivity (Wildman–Crippen MR) is 61.6 cm³/mol. The molecule has 0 radical (unpaired) electrons. The van der Waals surface area contributed by atoms with Crippen molar-refractivity contribution in [3.05, 3.63) is 23.0 Å². The molecule has 0 aromatic carbocycles. The largest absolute Gasteiger partial charge is 0.380 e. The first-order valence-corrected chi connectivity index (χ1v) is 5.57. The standard InChI is InChI=1S/C11H12ClN3O/c12-10-6-9(8-14-11(10)7-13)15-2-1-4-16-5-3-15/h6,8H,1-5H2. The smallest absolute Gasteiger partial charge is 0.159 e. The summed E-state index contributed by atoms with van der Waals surface area (Å²) >= 11 is 5.95. The van der Waals surface area contributed by atoms with Gasteiger partial charge in [-0.2, -0.15) is 5.26 Å². The lowest BCUT2D eigenvalue weighted by Gasteiger charge is -2.21. The minimum Gasteiger partial charge on any atom is -0.380 e. The van der Waals surface area contributed by atoms with Gasteiger partial charge in [-0.3, -0.25) is 0 Å². The molecule has 16 heavy (non-hydrogen) atoms. The number of hydrogen-bond donors (Lipinski definition) is 0. The molecule has 0 amide bonds.